The van der Waals surface area contributed by atoms with Gasteiger partial charge in [0, 0.05) is 55.0 Å². The lowest BCUT2D eigenvalue weighted by atomic mass is 10.1. The van der Waals surface area contributed by atoms with E-state index >= 15 is 0 Å². The summed E-state index contributed by atoms with van der Waals surface area (Å²) in [4.78, 5) is 25.7. The van der Waals surface area contributed by atoms with Crippen molar-refractivity contribution in [3.8, 4) is 68.3 Å². The van der Waals surface area contributed by atoms with Crippen LogP contribution in [-0.4, -0.2) is 34.1 Å². The summed E-state index contributed by atoms with van der Waals surface area (Å²) < 4.78 is 4.56. The molecule has 4 aromatic heterocycles. The minimum absolute atomic E-state index is 0.562. The number of nitrogens with zero attached hydrogens (tertiary/aromatic N) is 7. The first kappa shape index (κ1) is 35.4. The van der Waals surface area contributed by atoms with E-state index in [0.29, 0.717) is 23.4 Å². The molecule has 0 aliphatic heterocycles. The smallest absolute Gasteiger partial charge is 0.238 e. The Morgan fingerprint density at radius 1 is 0.258 bits per heavy atom. The van der Waals surface area contributed by atoms with Crippen LogP contribution in [0, 0.1) is 0 Å². The van der Waals surface area contributed by atoms with Crippen molar-refractivity contribution in [2.24, 2.45) is 0 Å². The highest BCUT2D eigenvalue weighted by Gasteiger charge is 2.21. The van der Waals surface area contributed by atoms with Crippen LogP contribution in [0.2, 0.25) is 0 Å². The molecule has 0 amide bonds. The number of benzene rings is 8. The Hall–Kier alpha value is -8.55. The minimum Gasteiger partial charge on any atom is -0.309 e. The second-order valence-electron chi connectivity index (χ2n) is 15.4. The molecule has 7 nitrogen and oxygen atoms in total. The molecule has 0 spiro atoms. The van der Waals surface area contributed by atoms with Crippen LogP contribution in [-0.2, 0) is 0 Å². The van der Waals surface area contributed by atoms with E-state index in [9.17, 15) is 0 Å². The maximum absolute atomic E-state index is 5.18. The van der Waals surface area contributed by atoms with Gasteiger partial charge in [-0.15, -0.1) is 0 Å². The second-order valence-corrected chi connectivity index (χ2v) is 15.4. The molecule has 0 radical (unpaired) electrons. The molecule has 0 unspecified atom stereocenters. The first-order valence-corrected chi connectivity index (χ1v) is 20.7. The van der Waals surface area contributed by atoms with E-state index in [1.807, 2.05) is 97.1 Å². The van der Waals surface area contributed by atoms with Crippen molar-refractivity contribution in [3.05, 3.63) is 212 Å². The fraction of sp³-hybridized carbons (Fsp3) is 0. The Morgan fingerprint density at radius 2 is 0.677 bits per heavy atom. The molecule has 0 aliphatic rings. The van der Waals surface area contributed by atoms with E-state index in [0.717, 1.165) is 88.5 Å². The Labute approximate surface area is 356 Å². The molecule has 12 aromatic rings. The predicted molar refractivity (Wildman–Crippen MR) is 251 cm³/mol. The van der Waals surface area contributed by atoms with Gasteiger partial charge in [-0.2, -0.15) is 9.97 Å². The van der Waals surface area contributed by atoms with Crippen molar-refractivity contribution < 1.29 is 0 Å². The van der Waals surface area contributed by atoms with Gasteiger partial charge in [-0.3, -0.25) is 4.57 Å². The number of rotatable bonds is 7. The van der Waals surface area contributed by atoms with Crippen molar-refractivity contribution in [2.75, 3.05) is 0 Å². The molecule has 0 saturated carbocycles. The molecule has 0 aliphatic carbocycles. The fourth-order valence-electron chi connectivity index (χ4n) is 8.70. The lowest BCUT2D eigenvalue weighted by molar-refractivity contribution is 0.954. The van der Waals surface area contributed by atoms with Gasteiger partial charge in [0.25, 0.3) is 0 Å². The molecular formula is C55H35N7. The molecular weight excluding hydrogens is 759 g/mol. The summed E-state index contributed by atoms with van der Waals surface area (Å²) in [5.74, 6) is 2.46. The maximum atomic E-state index is 5.18. The average molecular weight is 794 g/mol. The monoisotopic (exact) mass is 793 g/mol. The number of fused-ring (bicyclic) bond motifs is 6. The Bertz CT molecular complexity index is 3500. The van der Waals surface area contributed by atoms with Crippen molar-refractivity contribution in [1.29, 1.82) is 0 Å². The van der Waals surface area contributed by atoms with Crippen molar-refractivity contribution >= 4 is 43.6 Å². The summed E-state index contributed by atoms with van der Waals surface area (Å²) in [6.45, 7) is 0. The number of aromatic nitrogens is 7. The van der Waals surface area contributed by atoms with Crippen LogP contribution in [0.1, 0.15) is 0 Å². The Kier molecular flexibility index (Phi) is 8.35. The molecule has 62 heavy (non-hydrogen) atoms. The van der Waals surface area contributed by atoms with Crippen LogP contribution in [0.3, 0.4) is 0 Å². The highest BCUT2D eigenvalue weighted by atomic mass is 15.2. The largest absolute Gasteiger partial charge is 0.309 e. The van der Waals surface area contributed by atoms with Crippen molar-refractivity contribution in [1.82, 2.24) is 34.1 Å². The SMILES string of the molecule is c1ccc(-c2cc(-c3ccccc3)nc(-c3cccc(-n4c5ccccc5c5cc6c(cc54)c4ccccc4n6-c4nc(-c5ccccc5)nc(-c5ccccc5)n4)c3)n2)cc1. The Balaban J connectivity index is 1.08. The molecule has 0 bridgehead atoms. The van der Waals surface area contributed by atoms with Gasteiger partial charge in [0.15, 0.2) is 17.5 Å². The number of para-hydroxylation sites is 2. The summed E-state index contributed by atoms with van der Waals surface area (Å²) in [7, 11) is 0. The van der Waals surface area contributed by atoms with Gasteiger partial charge in [0.1, 0.15) is 0 Å². The summed E-state index contributed by atoms with van der Waals surface area (Å²) in [5.41, 5.74) is 11.9. The summed E-state index contributed by atoms with van der Waals surface area (Å²) in [5, 5.41) is 4.47. The summed E-state index contributed by atoms with van der Waals surface area (Å²) in [6.07, 6.45) is 0. The summed E-state index contributed by atoms with van der Waals surface area (Å²) in [6, 6.07) is 73.3. The van der Waals surface area contributed by atoms with Gasteiger partial charge in [-0.05, 0) is 42.5 Å². The molecule has 0 atom stereocenters. The Morgan fingerprint density at radius 3 is 1.21 bits per heavy atom. The van der Waals surface area contributed by atoms with Crippen molar-refractivity contribution in [3.63, 3.8) is 0 Å². The zero-order valence-electron chi connectivity index (χ0n) is 33.3. The van der Waals surface area contributed by atoms with Gasteiger partial charge in [0.05, 0.1) is 33.5 Å². The van der Waals surface area contributed by atoms with Crippen molar-refractivity contribution in [2.45, 2.75) is 0 Å². The third-order valence-corrected chi connectivity index (χ3v) is 11.6. The lowest BCUT2D eigenvalue weighted by Gasteiger charge is -2.12. The molecule has 0 saturated heterocycles. The topological polar surface area (TPSA) is 74.3 Å². The van der Waals surface area contributed by atoms with E-state index in [1.54, 1.807) is 0 Å². The van der Waals surface area contributed by atoms with Crippen LogP contribution in [0.15, 0.2) is 212 Å². The highest BCUT2D eigenvalue weighted by molar-refractivity contribution is 6.19. The lowest BCUT2D eigenvalue weighted by Crippen LogP contribution is -2.06. The van der Waals surface area contributed by atoms with Crippen LogP contribution in [0.4, 0.5) is 0 Å². The second kappa shape index (κ2) is 14.6. The zero-order valence-corrected chi connectivity index (χ0v) is 33.3. The minimum atomic E-state index is 0.562. The van der Waals surface area contributed by atoms with Crippen LogP contribution < -0.4 is 0 Å². The molecule has 0 fully saturated rings. The number of hydrogen-bond acceptors (Lipinski definition) is 5. The fourth-order valence-corrected chi connectivity index (χ4v) is 8.70. The molecule has 290 valence electrons. The normalized spacial score (nSPS) is 11.5. The van der Waals surface area contributed by atoms with E-state index in [2.05, 4.69) is 124 Å². The van der Waals surface area contributed by atoms with Gasteiger partial charge in [0.2, 0.25) is 5.95 Å². The van der Waals surface area contributed by atoms with E-state index in [4.69, 9.17) is 24.9 Å². The van der Waals surface area contributed by atoms with Gasteiger partial charge < -0.3 is 4.57 Å². The van der Waals surface area contributed by atoms with E-state index in [1.165, 1.54) is 0 Å². The van der Waals surface area contributed by atoms with Crippen LogP contribution in [0.5, 0.6) is 0 Å². The van der Waals surface area contributed by atoms with Gasteiger partial charge in [-0.25, -0.2) is 15.0 Å². The quantitative estimate of drug-likeness (QED) is 0.161. The van der Waals surface area contributed by atoms with E-state index < -0.39 is 0 Å². The maximum Gasteiger partial charge on any atom is 0.238 e. The first-order valence-electron chi connectivity index (χ1n) is 20.7. The first-order chi connectivity index (χ1) is 30.7. The molecule has 4 heterocycles. The summed E-state index contributed by atoms with van der Waals surface area (Å²) >= 11 is 0. The average Bonchev–Trinajstić information content (AvgIpc) is 3.86. The van der Waals surface area contributed by atoms with E-state index in [-0.39, 0.29) is 0 Å². The van der Waals surface area contributed by atoms with Gasteiger partial charge in [-0.1, -0.05) is 170 Å². The standard InChI is InChI=1S/C55H35N7/c1-5-18-36(19-6-1)46-35-47(37-20-7-2-8-21-37)57-54(56-46)40-26-17-27-41(32-40)61-48-30-15-13-28-42(48)44-34-51-45(33-50(44)61)43-29-14-16-31-49(43)62(51)55-59-52(38-22-9-3-10-23-38)58-53(60-55)39-24-11-4-12-25-39/h1-35H. The third kappa shape index (κ3) is 6.02. The van der Waals surface area contributed by atoms with Crippen LogP contribution in [0.25, 0.3) is 112 Å². The predicted octanol–water partition coefficient (Wildman–Crippen LogP) is 13.2. The number of hydrogen-bond donors (Lipinski definition) is 0. The van der Waals surface area contributed by atoms with Crippen LogP contribution >= 0.6 is 0 Å². The molecule has 8 aromatic carbocycles. The molecule has 12 rings (SSSR count). The van der Waals surface area contributed by atoms with Gasteiger partial charge >= 0.3 is 0 Å². The molecule has 0 N–H and O–H groups in total. The highest BCUT2D eigenvalue weighted by Crippen LogP contribution is 2.40. The molecule has 7 heteroatoms. The third-order valence-electron chi connectivity index (χ3n) is 11.6. The zero-order chi connectivity index (χ0) is 41.0.